The summed E-state index contributed by atoms with van der Waals surface area (Å²) >= 11 is 10.1. The number of esters is 4. The number of alkyl carbamates (subject to hydrolysis) is 2. The van der Waals surface area contributed by atoms with Gasteiger partial charge in [-0.3, -0.25) is 33.0 Å². The smallest absolute Gasteiger partial charge is 0.662 e. The average Bonchev–Trinajstić information content (AvgIpc) is 1.58. The number of halogens is 3. The fourth-order valence-corrected chi connectivity index (χ4v) is 16.8. The van der Waals surface area contributed by atoms with Gasteiger partial charge < -0.3 is 88.8 Å². The van der Waals surface area contributed by atoms with E-state index in [2.05, 4.69) is 102 Å². The van der Waals surface area contributed by atoms with Gasteiger partial charge in [0.05, 0.1) is 80.2 Å². The summed E-state index contributed by atoms with van der Waals surface area (Å²) in [6, 6.07) is 10.8. The predicted molar refractivity (Wildman–Crippen MR) is 463 cm³/mol. The molecule has 2 aromatic heterocycles. The monoisotopic (exact) mass is 2040 g/mol. The van der Waals surface area contributed by atoms with Crippen LogP contribution < -0.4 is 115 Å². The number of nitrogens with zero attached hydrogens (tertiary/aromatic N) is 3. The number of rotatable bonds is 25. The van der Waals surface area contributed by atoms with E-state index in [0.29, 0.717) is 53.1 Å². The molecule has 6 amide bonds. The molecule has 6 fully saturated rings. The Bertz CT molecular complexity index is 4900. The van der Waals surface area contributed by atoms with Crippen LogP contribution in [0.5, 0.6) is 17.2 Å². The van der Waals surface area contributed by atoms with E-state index in [0.717, 1.165) is 51.4 Å². The Morgan fingerprint density at radius 3 is 1.44 bits per heavy atom. The second kappa shape index (κ2) is 46.6. The normalized spacial score (nSPS) is 21.0. The molecule has 0 spiro atoms. The number of benzene rings is 3. The van der Waals surface area contributed by atoms with Gasteiger partial charge in [0.2, 0.25) is 23.6 Å². The summed E-state index contributed by atoms with van der Waals surface area (Å²) in [7, 11) is 23.6. The van der Waals surface area contributed by atoms with Gasteiger partial charge in [-0.05, 0) is 155 Å². The third-order valence-electron chi connectivity index (χ3n) is 21.1. The van der Waals surface area contributed by atoms with Crippen molar-refractivity contribution in [2.24, 2.45) is 22.7 Å². The average molecular weight is 2040 g/mol. The van der Waals surface area contributed by atoms with Crippen molar-refractivity contribution < 1.29 is 187 Å². The molecule has 124 heavy (non-hydrogen) atoms. The van der Waals surface area contributed by atoms with E-state index in [-0.39, 0.29) is 159 Å². The zero-order chi connectivity index (χ0) is 91.6. The number of H-pyrrole nitrogens is 1. The molecule has 10 atom stereocenters. The van der Waals surface area contributed by atoms with Gasteiger partial charge in [-0.15, -0.1) is 13.2 Å². The number of carbonyl (C=O) groups is 11. The van der Waals surface area contributed by atoms with Gasteiger partial charge in [0.1, 0.15) is 76.5 Å². The maximum absolute atomic E-state index is 14.5. The molecule has 4 saturated carbocycles. The third-order valence-corrected chi connectivity index (χ3v) is 24.6. The molecule has 4 aliphatic carbocycles. The largest absolute Gasteiger partial charge is 1.00 e. The van der Waals surface area contributed by atoms with E-state index in [9.17, 15) is 61.2 Å². The zero-order valence-electron chi connectivity index (χ0n) is 71.1. The molecule has 2 saturated heterocycles. The molecule has 8 radical (unpaired) electrons. The van der Waals surface area contributed by atoms with Crippen molar-refractivity contribution in [2.75, 3.05) is 55.7 Å². The quantitative estimate of drug-likeness (QED) is 0.00819. The number of fused-ring (bicyclic) bond motifs is 2. The van der Waals surface area contributed by atoms with Gasteiger partial charge in [-0.2, -0.15) is 8.42 Å². The number of nitrogens with one attached hydrogen (secondary N) is 5. The van der Waals surface area contributed by atoms with Crippen LogP contribution in [0, 0.1) is 22.7 Å². The van der Waals surface area contributed by atoms with Crippen LogP contribution in [-0.4, -0.2) is 253 Å². The van der Waals surface area contributed by atoms with E-state index in [1.54, 1.807) is 90.1 Å². The van der Waals surface area contributed by atoms with Crippen LogP contribution in [0.25, 0.3) is 21.8 Å². The number of hydrogen-bond donors (Lipinski definition) is 5. The minimum Gasteiger partial charge on any atom is -0.662 e. The molecule has 11 rings (SSSR count). The van der Waals surface area contributed by atoms with E-state index < -0.39 is 141 Å². The van der Waals surface area contributed by atoms with E-state index in [1.807, 2.05) is 0 Å². The Morgan fingerprint density at radius 2 is 1.04 bits per heavy atom. The standard InChI is InChI=1S/C36H45BrN4O10.C30H40BrN3O9S.C12H10BrNO4.CH2O3.B6.Cs/c1-8-19-17-36(19,33(45)49-7)40-30(42)24-15-21(18-41(24)31(43)29(35(2,3)4)39-34(46)51-20-11-9-10-12-20)50-26-16-23(32(44)48-6)38-28-22(26)13-14-25(47-5)27(28)37;1-6-18-16-30(18,27(37)41-5)33-25(35)23-15-21(43-44(39,40)22-13-11-19(31)12-14-22)17-34(23)26(36)24(29(2,3)4)32-28(38)42-20-9-7-8-10-20;1-17-9-4-3-6-8(15)5-7(12(16)18-2)14-11(6)10(9)13;2-1-4-3;1-5(2)6(3)4;/h8,13-14,16,19-21,24,29H,1,9-12,15,17-18H2,2-7H3,(H,39,46)(H,40,42);6,11-14,18,20-21,23-24H,1,7-10,15-17H2,2-5H3,(H,32,38)(H,33,35);3-5H,1-2H3,(H,14,15);1,3H;;/q;;;;;+1/p-1/t19-,21-,24+,29-,36-;18-,21+,23+,24+,30-;;;;/m11..../s1. The fraction of sp³-hybridized carbons (Fsp3) is 0.506. The molecule has 5 aromatic rings. The van der Waals surface area contributed by atoms with Crippen molar-refractivity contribution in [3.8, 4) is 17.2 Å². The van der Waals surface area contributed by atoms with Crippen molar-refractivity contribution in [2.45, 2.75) is 183 Å². The number of likely N-dealkylation sites (tertiary alicyclic amines) is 2. The third kappa shape index (κ3) is 26.9. The van der Waals surface area contributed by atoms with E-state index in [4.69, 9.17) is 83.1 Å². The first kappa shape index (κ1) is 105. The number of aromatic amines is 1. The van der Waals surface area contributed by atoms with Gasteiger partial charge in [0, 0.05) is 102 Å². The Hall–Kier alpha value is -7.32. The second-order valence-corrected chi connectivity index (χ2v) is 35.8. The number of hydrogen-bond acceptors (Lipinski definition) is 27. The van der Waals surface area contributed by atoms with E-state index >= 15 is 0 Å². The SMILES string of the molecule is C=C[C@@H]1C[C@]1(NC(=O)[C@@H]1C[C@@H](Oc2cc(C(=O)OC)nc3c(Br)c(OC)ccc23)CN1C(=O)[C@@H](NC(=O)OC1CCCC1)C(C)(C)C)C(=O)OC.C=C[C@@H]1C[C@]1(NC(=O)[C@@H]1C[C@H](OS(=O)(=O)c2ccc(Br)cc2)CN1C(=O)[C@H](NC(=O)OC1CCCC1)C(C)(C)C)C(=O)OC.COC(=O)c1cc(=O)c2ccc(OC)c(Br)c2[nH]1.O=CO[O-].[B]B([B])B([B])[B].[Cs+]. The van der Waals surface area contributed by atoms with Crippen molar-refractivity contribution >= 4 is 190 Å². The number of ether oxygens (including phenoxy) is 9. The summed E-state index contributed by atoms with van der Waals surface area (Å²) < 4.78 is 81.2. The summed E-state index contributed by atoms with van der Waals surface area (Å²) in [5.74, 6) is -4.39. The fourth-order valence-electron chi connectivity index (χ4n) is 14.3. The molecule has 3 aromatic carbocycles. The maximum atomic E-state index is 14.5. The molecule has 0 bridgehead atoms. The van der Waals surface area contributed by atoms with Crippen LogP contribution in [0.1, 0.15) is 140 Å². The minimum atomic E-state index is -4.26. The van der Waals surface area contributed by atoms with Crippen LogP contribution in [0.2, 0.25) is 0 Å². The van der Waals surface area contributed by atoms with E-state index in [1.165, 1.54) is 76.7 Å². The van der Waals surface area contributed by atoms with Crippen LogP contribution in [0.3, 0.4) is 0 Å². The number of carbonyl (C=O) groups excluding carboxylic acids is 11. The van der Waals surface area contributed by atoms with Crippen molar-refractivity contribution in [1.82, 2.24) is 41.0 Å². The van der Waals surface area contributed by atoms with Gasteiger partial charge in [0.15, 0.2) is 11.1 Å². The predicted octanol–water partition coefficient (Wildman–Crippen LogP) is 3.14. The molecule has 5 N–H and O–H groups in total. The molecule has 654 valence electrons. The number of amides is 6. The summed E-state index contributed by atoms with van der Waals surface area (Å²) in [4.78, 5) is 165. The first-order chi connectivity index (χ1) is 57.9. The summed E-state index contributed by atoms with van der Waals surface area (Å²) in [5, 5.41) is 20.5. The number of methoxy groups -OCH3 is 6. The second-order valence-electron chi connectivity index (χ2n) is 31.7. The Kier molecular flexibility index (Phi) is 39.6. The first-order valence-corrected chi connectivity index (χ1v) is 42.7. The molecule has 4 heterocycles. The van der Waals surface area contributed by atoms with Crippen molar-refractivity contribution in [3.05, 3.63) is 121 Å². The molecule has 2 aliphatic heterocycles. The Balaban J connectivity index is 0.000000293. The van der Waals surface area contributed by atoms with Gasteiger partial charge in [0.25, 0.3) is 16.6 Å². The number of pyridine rings is 2. The molecule has 45 heteroatoms. The van der Waals surface area contributed by atoms with Gasteiger partial charge >= 0.3 is 105 Å². The Labute approximate surface area is 809 Å². The van der Waals surface area contributed by atoms with Crippen LogP contribution in [0.15, 0.2) is 109 Å². The van der Waals surface area contributed by atoms with Gasteiger partial charge in [-0.25, -0.2) is 33.8 Å². The summed E-state index contributed by atoms with van der Waals surface area (Å²) in [6.07, 6.45) is 5.43. The molecule has 6 aliphatic rings. The van der Waals surface area contributed by atoms with Crippen LogP contribution in [-0.2, 0) is 81.2 Å². The summed E-state index contributed by atoms with van der Waals surface area (Å²) in [6.45, 7) is 17.7. The zero-order valence-corrected chi connectivity index (χ0v) is 82.9. The van der Waals surface area contributed by atoms with Gasteiger partial charge in [-0.1, -0.05) is 69.6 Å². The molecular formula is C79H96B6Br3CsN8O26S. The molecule has 0 unspecified atom stereocenters. The van der Waals surface area contributed by atoms with Crippen molar-refractivity contribution in [3.63, 3.8) is 0 Å². The first-order valence-electron chi connectivity index (χ1n) is 38.9. The van der Waals surface area contributed by atoms with Crippen LogP contribution >= 0.6 is 47.8 Å². The molecular weight excluding hydrogens is 1950 g/mol. The maximum Gasteiger partial charge on any atom is 1.00 e. The topological polar surface area (TPSA) is 447 Å². The summed E-state index contributed by atoms with van der Waals surface area (Å²) in [5.41, 5.74) is -3.56. The van der Waals surface area contributed by atoms with Crippen molar-refractivity contribution in [1.29, 1.82) is 0 Å². The molecule has 34 nitrogen and oxygen atoms in total. The number of aromatic nitrogens is 2. The van der Waals surface area contributed by atoms with Crippen LogP contribution in [0.4, 0.5) is 9.59 Å². The Morgan fingerprint density at radius 1 is 0.613 bits per heavy atom. The minimum absolute atomic E-state index is 0.